The molecular weight excluding hydrogens is 491 g/mol. The van der Waals surface area contributed by atoms with Gasteiger partial charge in [-0.3, -0.25) is 19.5 Å². The van der Waals surface area contributed by atoms with Crippen LogP contribution in [0.4, 0.5) is 10.3 Å². The third-order valence-corrected chi connectivity index (χ3v) is 6.59. The fraction of sp³-hybridized carbons (Fsp3) is 0.207. The first-order valence-corrected chi connectivity index (χ1v) is 12.5. The van der Waals surface area contributed by atoms with E-state index < -0.39 is 5.82 Å². The molecule has 3 aromatic carbocycles. The van der Waals surface area contributed by atoms with E-state index in [0.29, 0.717) is 29.4 Å². The van der Waals surface area contributed by atoms with Gasteiger partial charge in [0.1, 0.15) is 12.4 Å². The van der Waals surface area contributed by atoms with Gasteiger partial charge in [-0.2, -0.15) is 0 Å². The minimum Gasteiger partial charge on any atom is -0.329 e. The van der Waals surface area contributed by atoms with E-state index >= 15 is 0 Å². The van der Waals surface area contributed by atoms with Crippen molar-refractivity contribution in [2.45, 2.75) is 19.8 Å². The van der Waals surface area contributed by atoms with Crippen LogP contribution in [0.2, 0.25) is 5.02 Å². The first kappa shape index (κ1) is 24.7. The topological polar surface area (TPSA) is 67.2 Å². The van der Waals surface area contributed by atoms with Gasteiger partial charge in [0.25, 0.3) is 5.91 Å². The number of benzene rings is 3. The van der Waals surface area contributed by atoms with Crippen molar-refractivity contribution in [1.29, 1.82) is 0 Å². The number of hydrogen-bond donors (Lipinski definition) is 1. The van der Waals surface area contributed by atoms with Gasteiger partial charge in [0, 0.05) is 23.9 Å². The zero-order valence-electron chi connectivity index (χ0n) is 20.3. The Morgan fingerprint density at radius 2 is 1.81 bits per heavy atom. The summed E-state index contributed by atoms with van der Waals surface area (Å²) in [6.45, 7) is 2.38. The van der Waals surface area contributed by atoms with Crippen molar-refractivity contribution in [3.63, 3.8) is 0 Å². The van der Waals surface area contributed by atoms with Crippen LogP contribution in [0, 0.1) is 18.7 Å². The number of carbonyl (C=O) groups is 2. The summed E-state index contributed by atoms with van der Waals surface area (Å²) in [4.78, 5) is 32.7. The summed E-state index contributed by atoms with van der Waals surface area (Å²) in [5, 5.41) is 2.82. The molecule has 1 heterocycles. The Bertz CT molecular complexity index is 1430. The molecular formula is C29H26ClFN4O2. The Kier molecular flexibility index (Phi) is 7.06. The summed E-state index contributed by atoms with van der Waals surface area (Å²) >= 11 is 6.03. The van der Waals surface area contributed by atoms with E-state index in [1.165, 1.54) is 12.1 Å². The van der Waals surface area contributed by atoms with Crippen LogP contribution >= 0.6 is 11.6 Å². The molecule has 5 rings (SSSR count). The van der Waals surface area contributed by atoms with Crippen molar-refractivity contribution in [3.8, 4) is 16.9 Å². The molecule has 1 aliphatic rings. The maximum absolute atomic E-state index is 13.8. The largest absolute Gasteiger partial charge is 0.329 e. The lowest BCUT2D eigenvalue weighted by Gasteiger charge is -2.22. The maximum atomic E-state index is 13.8. The lowest BCUT2D eigenvalue weighted by atomic mass is 10.1. The molecule has 0 spiro atoms. The lowest BCUT2D eigenvalue weighted by Crippen LogP contribution is -2.39. The van der Waals surface area contributed by atoms with Gasteiger partial charge in [-0.25, -0.2) is 9.37 Å². The number of nitrogens with zero attached hydrogens (tertiary/aromatic N) is 3. The standard InChI is InChI=1S/C29H26ClFN4O2/c1-19-7-11-22(12-8-19)28(37)34(16-20-9-10-20)18-27(36)33-29-32-26(21-5-3-2-4-6-21)17-35(29)23-13-14-25(31)24(30)15-23/h2-8,11-15,17,20H,9-10,16,18H2,1H3,(H,32,33,36). The Morgan fingerprint density at radius 1 is 1.08 bits per heavy atom. The third-order valence-electron chi connectivity index (χ3n) is 6.30. The van der Waals surface area contributed by atoms with Crippen molar-refractivity contribution in [1.82, 2.24) is 14.5 Å². The molecule has 4 aromatic rings. The van der Waals surface area contributed by atoms with Crippen LogP contribution in [0.25, 0.3) is 16.9 Å². The van der Waals surface area contributed by atoms with Crippen LogP contribution in [0.5, 0.6) is 0 Å². The normalized spacial score (nSPS) is 12.8. The summed E-state index contributed by atoms with van der Waals surface area (Å²) in [5.41, 5.74) is 3.64. The second-order valence-corrected chi connectivity index (χ2v) is 9.73. The van der Waals surface area contributed by atoms with Crippen molar-refractivity contribution >= 4 is 29.4 Å². The Labute approximate surface area is 219 Å². The monoisotopic (exact) mass is 516 g/mol. The Balaban J connectivity index is 1.41. The number of hydrogen-bond acceptors (Lipinski definition) is 3. The van der Waals surface area contributed by atoms with Crippen molar-refractivity contribution < 1.29 is 14.0 Å². The molecule has 1 aliphatic carbocycles. The zero-order chi connectivity index (χ0) is 25.9. The van der Waals surface area contributed by atoms with Gasteiger partial charge in [0.2, 0.25) is 11.9 Å². The highest BCUT2D eigenvalue weighted by Crippen LogP contribution is 2.30. The number of aryl methyl sites for hydroxylation is 1. The smallest absolute Gasteiger partial charge is 0.254 e. The van der Waals surface area contributed by atoms with Gasteiger partial charge in [-0.05, 0) is 56.0 Å². The second-order valence-electron chi connectivity index (χ2n) is 9.33. The number of aromatic nitrogens is 2. The Hall–Kier alpha value is -3.97. The number of nitrogens with one attached hydrogen (secondary N) is 1. The van der Waals surface area contributed by atoms with Crippen LogP contribution in [-0.4, -0.2) is 39.4 Å². The van der Waals surface area contributed by atoms with E-state index in [-0.39, 0.29) is 29.3 Å². The SMILES string of the molecule is Cc1ccc(C(=O)N(CC(=O)Nc2nc(-c3ccccc3)cn2-c2ccc(F)c(Cl)c2)CC2CC2)cc1. The van der Waals surface area contributed by atoms with E-state index in [4.69, 9.17) is 11.6 Å². The van der Waals surface area contributed by atoms with Crippen molar-refractivity contribution in [2.24, 2.45) is 5.92 Å². The predicted molar refractivity (Wildman–Crippen MR) is 142 cm³/mol. The van der Waals surface area contributed by atoms with Crippen LogP contribution < -0.4 is 5.32 Å². The highest BCUT2D eigenvalue weighted by atomic mass is 35.5. The molecule has 6 nitrogen and oxygen atoms in total. The first-order chi connectivity index (χ1) is 17.9. The minimum absolute atomic E-state index is 0.0379. The summed E-state index contributed by atoms with van der Waals surface area (Å²) in [6, 6.07) is 21.2. The molecule has 8 heteroatoms. The zero-order valence-corrected chi connectivity index (χ0v) is 21.1. The molecule has 0 radical (unpaired) electrons. The van der Waals surface area contributed by atoms with E-state index in [1.54, 1.807) is 33.9 Å². The average molecular weight is 517 g/mol. The second kappa shape index (κ2) is 10.6. The molecule has 0 saturated heterocycles. The number of rotatable bonds is 8. The average Bonchev–Trinajstić information content (AvgIpc) is 3.62. The van der Waals surface area contributed by atoms with Crippen LogP contribution in [0.15, 0.2) is 79.0 Å². The minimum atomic E-state index is -0.537. The van der Waals surface area contributed by atoms with Gasteiger partial charge in [0.05, 0.1) is 16.4 Å². The lowest BCUT2D eigenvalue weighted by molar-refractivity contribution is -0.117. The Morgan fingerprint density at radius 3 is 2.49 bits per heavy atom. The van der Waals surface area contributed by atoms with Crippen LogP contribution in [0.1, 0.15) is 28.8 Å². The van der Waals surface area contributed by atoms with Crippen molar-refractivity contribution in [3.05, 3.63) is 101 Å². The highest BCUT2D eigenvalue weighted by molar-refractivity contribution is 6.30. The fourth-order valence-corrected chi connectivity index (χ4v) is 4.27. The molecule has 0 unspecified atom stereocenters. The maximum Gasteiger partial charge on any atom is 0.254 e. The molecule has 1 N–H and O–H groups in total. The fourth-order valence-electron chi connectivity index (χ4n) is 4.10. The number of amides is 2. The van der Waals surface area contributed by atoms with Gasteiger partial charge in [0.15, 0.2) is 0 Å². The molecule has 188 valence electrons. The summed E-state index contributed by atoms with van der Waals surface area (Å²) in [7, 11) is 0. The van der Waals surface area contributed by atoms with E-state index in [9.17, 15) is 14.0 Å². The third kappa shape index (κ3) is 5.89. The van der Waals surface area contributed by atoms with Crippen molar-refractivity contribution in [2.75, 3.05) is 18.4 Å². The first-order valence-electron chi connectivity index (χ1n) is 12.1. The van der Waals surface area contributed by atoms with Gasteiger partial charge >= 0.3 is 0 Å². The highest BCUT2D eigenvalue weighted by Gasteiger charge is 2.29. The quantitative estimate of drug-likeness (QED) is 0.306. The summed E-state index contributed by atoms with van der Waals surface area (Å²) in [5.74, 6) is -0.429. The summed E-state index contributed by atoms with van der Waals surface area (Å²) < 4.78 is 15.5. The van der Waals surface area contributed by atoms with E-state index in [1.807, 2.05) is 49.4 Å². The molecule has 1 saturated carbocycles. The van der Waals surface area contributed by atoms with Gasteiger partial charge in [-0.1, -0.05) is 59.6 Å². The summed E-state index contributed by atoms with van der Waals surface area (Å²) in [6.07, 6.45) is 3.86. The van der Waals surface area contributed by atoms with E-state index in [0.717, 1.165) is 24.0 Å². The predicted octanol–water partition coefficient (Wildman–Crippen LogP) is 6.13. The van der Waals surface area contributed by atoms with Crippen LogP contribution in [-0.2, 0) is 4.79 Å². The van der Waals surface area contributed by atoms with Gasteiger partial charge < -0.3 is 4.90 Å². The molecule has 1 aromatic heterocycles. The number of imidazole rings is 1. The van der Waals surface area contributed by atoms with Crippen LogP contribution in [0.3, 0.4) is 0 Å². The molecule has 0 bridgehead atoms. The molecule has 0 atom stereocenters. The molecule has 0 aliphatic heterocycles. The van der Waals surface area contributed by atoms with E-state index in [2.05, 4.69) is 10.3 Å². The number of carbonyl (C=O) groups excluding carboxylic acids is 2. The molecule has 37 heavy (non-hydrogen) atoms. The number of anilines is 1. The number of halogens is 2. The molecule has 2 amide bonds. The molecule has 1 fully saturated rings. The van der Waals surface area contributed by atoms with Gasteiger partial charge in [-0.15, -0.1) is 0 Å².